The number of carboxylic acid groups (broad SMARTS) is 1. The van der Waals surface area contributed by atoms with Crippen LogP contribution in [0.3, 0.4) is 0 Å². The normalized spacial score (nSPS) is 11.6. The summed E-state index contributed by atoms with van der Waals surface area (Å²) < 4.78 is 0. The minimum absolute atomic E-state index is 0.454. The topological polar surface area (TPSA) is 81.3 Å². The fourth-order valence-electron chi connectivity index (χ4n) is 1.27. The maximum absolute atomic E-state index is 11.2. The molecule has 5 heteroatoms. The van der Waals surface area contributed by atoms with Gasteiger partial charge in [-0.1, -0.05) is 30.3 Å². The highest BCUT2D eigenvalue weighted by molar-refractivity contribution is 5.81. The molecule has 0 fully saturated rings. The van der Waals surface area contributed by atoms with E-state index in [1.54, 1.807) is 0 Å². The number of nitrogens with one attached hydrogen (secondary N) is 2. The van der Waals surface area contributed by atoms with Gasteiger partial charge in [-0.15, -0.1) is 0 Å². The highest BCUT2D eigenvalue weighted by Crippen LogP contribution is 1.97. The predicted molar refractivity (Wildman–Crippen MR) is 61.1 cm³/mol. The van der Waals surface area contributed by atoms with Gasteiger partial charge in [0, 0.05) is 6.54 Å². The summed E-state index contributed by atoms with van der Waals surface area (Å²) in [6, 6.07) is 8.20. The molecule has 0 aliphatic carbocycles. The van der Waals surface area contributed by atoms with Crippen LogP contribution in [0.15, 0.2) is 30.3 Å². The summed E-state index contributed by atoms with van der Waals surface area (Å²) in [5.74, 6) is -1.30. The SMILES string of the molecule is C[C@H](NC(=O)NCCc1ccccc1)C(=O)[O-]. The van der Waals surface area contributed by atoms with Crippen molar-refractivity contribution in [2.45, 2.75) is 19.4 Å². The number of hydrogen-bond donors (Lipinski definition) is 2. The molecule has 1 aromatic rings. The zero-order valence-corrected chi connectivity index (χ0v) is 9.60. The molecular formula is C12H15N2O3-. The second-order valence-electron chi connectivity index (χ2n) is 3.68. The third-order valence-corrected chi connectivity index (χ3v) is 2.24. The molecule has 17 heavy (non-hydrogen) atoms. The molecule has 0 heterocycles. The van der Waals surface area contributed by atoms with Crippen molar-refractivity contribution in [3.05, 3.63) is 35.9 Å². The monoisotopic (exact) mass is 235 g/mol. The van der Waals surface area contributed by atoms with Crippen LogP contribution in [0.4, 0.5) is 4.79 Å². The number of urea groups is 1. The zero-order valence-electron chi connectivity index (χ0n) is 9.60. The van der Waals surface area contributed by atoms with Crippen LogP contribution in [-0.2, 0) is 11.2 Å². The van der Waals surface area contributed by atoms with Crippen LogP contribution in [0.25, 0.3) is 0 Å². The van der Waals surface area contributed by atoms with Crippen molar-refractivity contribution in [2.75, 3.05) is 6.54 Å². The van der Waals surface area contributed by atoms with Gasteiger partial charge in [0.1, 0.15) is 0 Å². The number of hydrogen-bond acceptors (Lipinski definition) is 3. The molecule has 0 aliphatic rings. The minimum atomic E-state index is -1.30. The van der Waals surface area contributed by atoms with Gasteiger partial charge in [-0.05, 0) is 18.9 Å². The van der Waals surface area contributed by atoms with E-state index >= 15 is 0 Å². The summed E-state index contributed by atoms with van der Waals surface area (Å²) in [7, 11) is 0. The average Bonchev–Trinajstić information content (AvgIpc) is 2.30. The number of aliphatic carboxylic acids is 1. The molecular weight excluding hydrogens is 220 g/mol. The first-order valence-corrected chi connectivity index (χ1v) is 5.38. The maximum atomic E-state index is 11.2. The Morgan fingerprint density at radius 2 is 1.94 bits per heavy atom. The highest BCUT2D eigenvalue weighted by Gasteiger charge is 2.06. The highest BCUT2D eigenvalue weighted by atomic mass is 16.4. The molecule has 0 bridgehead atoms. The van der Waals surface area contributed by atoms with Crippen LogP contribution in [0, 0.1) is 0 Å². The Hall–Kier alpha value is -2.04. The first-order valence-electron chi connectivity index (χ1n) is 5.38. The Balaban J connectivity index is 2.23. The Labute approximate surface area is 99.8 Å². The van der Waals surface area contributed by atoms with Crippen molar-refractivity contribution < 1.29 is 14.7 Å². The summed E-state index contributed by atoms with van der Waals surface area (Å²) in [5.41, 5.74) is 1.11. The van der Waals surface area contributed by atoms with E-state index in [9.17, 15) is 14.7 Å². The van der Waals surface area contributed by atoms with E-state index in [4.69, 9.17) is 0 Å². The molecule has 0 radical (unpaired) electrons. The lowest BCUT2D eigenvalue weighted by Crippen LogP contribution is -2.49. The molecule has 1 atom stereocenters. The standard InChI is InChI=1S/C12H16N2O3/c1-9(11(15)16)14-12(17)13-8-7-10-5-3-2-4-6-10/h2-6,9H,7-8H2,1H3,(H,15,16)(H2,13,14,17)/p-1/t9-/m0/s1. The van der Waals surface area contributed by atoms with Crippen molar-refractivity contribution in [3.8, 4) is 0 Å². The molecule has 0 saturated carbocycles. The molecule has 0 unspecified atom stereocenters. The molecule has 2 amide bonds. The van der Waals surface area contributed by atoms with Gasteiger partial charge in [0.25, 0.3) is 0 Å². The van der Waals surface area contributed by atoms with Crippen molar-refractivity contribution in [1.82, 2.24) is 10.6 Å². The lowest BCUT2D eigenvalue weighted by molar-refractivity contribution is -0.307. The van der Waals surface area contributed by atoms with E-state index in [0.29, 0.717) is 13.0 Å². The lowest BCUT2D eigenvalue weighted by Gasteiger charge is -2.15. The molecule has 0 spiro atoms. The Morgan fingerprint density at radius 3 is 2.53 bits per heavy atom. The smallest absolute Gasteiger partial charge is 0.315 e. The number of benzene rings is 1. The van der Waals surface area contributed by atoms with Gasteiger partial charge in [-0.2, -0.15) is 0 Å². The van der Waals surface area contributed by atoms with E-state index in [1.807, 2.05) is 30.3 Å². The summed E-state index contributed by atoms with van der Waals surface area (Å²) in [6.07, 6.45) is 0.702. The van der Waals surface area contributed by atoms with E-state index in [-0.39, 0.29) is 0 Å². The number of carbonyl (C=O) groups is 2. The largest absolute Gasteiger partial charge is 0.548 e. The molecule has 0 aromatic heterocycles. The minimum Gasteiger partial charge on any atom is -0.548 e. The van der Waals surface area contributed by atoms with Crippen LogP contribution in [-0.4, -0.2) is 24.6 Å². The predicted octanol–water partition coefficient (Wildman–Crippen LogP) is -0.333. The van der Waals surface area contributed by atoms with Crippen LogP contribution in [0.2, 0.25) is 0 Å². The van der Waals surface area contributed by atoms with Gasteiger partial charge in [0.05, 0.1) is 12.0 Å². The third kappa shape index (κ3) is 5.01. The van der Waals surface area contributed by atoms with Gasteiger partial charge in [0.15, 0.2) is 0 Å². The van der Waals surface area contributed by atoms with Gasteiger partial charge in [-0.25, -0.2) is 4.79 Å². The van der Waals surface area contributed by atoms with E-state index in [0.717, 1.165) is 5.56 Å². The zero-order chi connectivity index (χ0) is 12.7. The molecule has 0 saturated heterocycles. The fraction of sp³-hybridized carbons (Fsp3) is 0.333. The second-order valence-corrected chi connectivity index (χ2v) is 3.68. The Kier molecular flexibility index (Phi) is 5.00. The third-order valence-electron chi connectivity index (χ3n) is 2.24. The molecule has 92 valence electrons. The number of rotatable bonds is 5. The van der Waals surface area contributed by atoms with Gasteiger partial charge < -0.3 is 20.5 Å². The van der Waals surface area contributed by atoms with E-state index in [1.165, 1.54) is 6.92 Å². The van der Waals surface area contributed by atoms with Crippen LogP contribution in [0.1, 0.15) is 12.5 Å². The molecule has 0 aliphatic heterocycles. The maximum Gasteiger partial charge on any atom is 0.315 e. The number of amides is 2. The van der Waals surface area contributed by atoms with Crippen molar-refractivity contribution in [1.29, 1.82) is 0 Å². The quantitative estimate of drug-likeness (QED) is 0.733. The fourth-order valence-corrected chi connectivity index (χ4v) is 1.27. The summed E-state index contributed by atoms with van der Waals surface area (Å²) in [6.45, 7) is 1.81. The summed E-state index contributed by atoms with van der Waals surface area (Å²) in [5, 5.41) is 15.2. The molecule has 2 N–H and O–H groups in total. The average molecular weight is 235 g/mol. The van der Waals surface area contributed by atoms with Gasteiger partial charge >= 0.3 is 6.03 Å². The van der Waals surface area contributed by atoms with Crippen LogP contribution >= 0.6 is 0 Å². The van der Waals surface area contributed by atoms with Crippen LogP contribution in [0.5, 0.6) is 0 Å². The van der Waals surface area contributed by atoms with Crippen molar-refractivity contribution in [2.24, 2.45) is 0 Å². The number of carbonyl (C=O) groups excluding carboxylic acids is 2. The number of carboxylic acids is 1. The van der Waals surface area contributed by atoms with E-state index in [2.05, 4.69) is 10.6 Å². The first kappa shape index (κ1) is 13.0. The van der Waals surface area contributed by atoms with Gasteiger partial charge in [-0.3, -0.25) is 0 Å². The second kappa shape index (κ2) is 6.52. The van der Waals surface area contributed by atoms with Crippen molar-refractivity contribution >= 4 is 12.0 Å². The summed E-state index contributed by atoms with van der Waals surface area (Å²) in [4.78, 5) is 21.6. The summed E-state index contributed by atoms with van der Waals surface area (Å²) >= 11 is 0. The van der Waals surface area contributed by atoms with E-state index < -0.39 is 18.0 Å². The Morgan fingerprint density at radius 1 is 1.29 bits per heavy atom. The van der Waals surface area contributed by atoms with Crippen LogP contribution < -0.4 is 15.7 Å². The lowest BCUT2D eigenvalue weighted by atomic mass is 10.1. The van der Waals surface area contributed by atoms with Gasteiger partial charge in [0.2, 0.25) is 0 Å². The molecule has 1 aromatic carbocycles. The molecule has 1 rings (SSSR count). The van der Waals surface area contributed by atoms with Crippen molar-refractivity contribution in [3.63, 3.8) is 0 Å². The first-order chi connectivity index (χ1) is 8.09. The molecule has 5 nitrogen and oxygen atoms in total. The Bertz CT molecular complexity index is 379.